The molecule has 0 atom stereocenters. The molecule has 1 fully saturated rings. The molecule has 3 heterocycles. The zero-order valence-electron chi connectivity index (χ0n) is 14.9. The third kappa shape index (κ3) is 3.44. The fourth-order valence-electron chi connectivity index (χ4n) is 3.51. The molecule has 6 nitrogen and oxygen atoms in total. The number of nitrogens with zero attached hydrogens (tertiary/aromatic N) is 5. The normalized spacial score (nSPS) is 14.6. The smallest absolute Gasteiger partial charge is 0.254 e. The summed E-state index contributed by atoms with van der Waals surface area (Å²) < 4.78 is 0. The Labute approximate surface area is 157 Å². The minimum Gasteiger partial charge on any atom is -0.369 e. The summed E-state index contributed by atoms with van der Waals surface area (Å²) in [6, 6.07) is 15.4. The van der Waals surface area contributed by atoms with Crippen molar-refractivity contribution in [2.45, 2.75) is 6.42 Å². The van der Waals surface area contributed by atoms with E-state index in [1.165, 1.54) is 0 Å². The van der Waals surface area contributed by atoms with E-state index in [1.54, 1.807) is 24.5 Å². The largest absolute Gasteiger partial charge is 0.369 e. The molecule has 1 aliphatic heterocycles. The van der Waals surface area contributed by atoms with Gasteiger partial charge < -0.3 is 9.80 Å². The zero-order valence-corrected chi connectivity index (χ0v) is 14.9. The number of amides is 1. The van der Waals surface area contributed by atoms with Gasteiger partial charge in [0.15, 0.2) is 0 Å². The molecule has 0 spiro atoms. The summed E-state index contributed by atoms with van der Waals surface area (Å²) in [6.07, 6.45) is 4.16. The van der Waals surface area contributed by atoms with Gasteiger partial charge in [-0.05, 0) is 30.7 Å². The number of carbonyl (C=O) groups is 1. The van der Waals surface area contributed by atoms with Crippen LogP contribution in [0.15, 0.2) is 54.9 Å². The topological polar surface area (TPSA) is 73.1 Å². The summed E-state index contributed by atoms with van der Waals surface area (Å²) in [5.41, 5.74) is 2.91. The van der Waals surface area contributed by atoms with Gasteiger partial charge in [-0.3, -0.25) is 9.78 Å². The Hall–Kier alpha value is -3.46. The number of aromatic nitrogens is 2. The van der Waals surface area contributed by atoms with E-state index in [4.69, 9.17) is 0 Å². The van der Waals surface area contributed by atoms with Crippen LogP contribution in [0.5, 0.6) is 0 Å². The molecule has 1 amide bonds. The molecule has 0 aliphatic carbocycles. The Kier molecular flexibility index (Phi) is 4.67. The summed E-state index contributed by atoms with van der Waals surface area (Å²) in [7, 11) is 0. The van der Waals surface area contributed by atoms with Gasteiger partial charge in [0.05, 0.1) is 5.52 Å². The van der Waals surface area contributed by atoms with Crippen LogP contribution in [0.2, 0.25) is 0 Å². The molecule has 0 unspecified atom stereocenters. The number of rotatable bonds is 2. The molecule has 6 heteroatoms. The lowest BCUT2D eigenvalue weighted by atomic mass is 10.1. The van der Waals surface area contributed by atoms with Gasteiger partial charge >= 0.3 is 0 Å². The number of nitriles is 1. The third-order valence-electron chi connectivity index (χ3n) is 4.86. The number of pyridine rings is 2. The molecule has 4 rings (SSSR count). The van der Waals surface area contributed by atoms with Gasteiger partial charge in [-0.2, -0.15) is 5.26 Å². The fourth-order valence-corrected chi connectivity index (χ4v) is 3.51. The highest BCUT2D eigenvalue weighted by molar-refractivity contribution is 5.94. The quantitative estimate of drug-likeness (QED) is 0.705. The van der Waals surface area contributed by atoms with Crippen LogP contribution < -0.4 is 4.90 Å². The Morgan fingerprint density at radius 1 is 1.04 bits per heavy atom. The number of carbonyl (C=O) groups excluding carboxylic acids is 1. The van der Waals surface area contributed by atoms with Crippen LogP contribution in [0.3, 0.4) is 0 Å². The summed E-state index contributed by atoms with van der Waals surface area (Å²) in [5.74, 6) is 0.0385. The fraction of sp³-hybridized carbons (Fsp3) is 0.238. The minimum absolute atomic E-state index is 0.0385. The number of anilines is 1. The first kappa shape index (κ1) is 17.0. The number of para-hydroxylation sites is 1. The highest BCUT2D eigenvalue weighted by Gasteiger charge is 2.21. The SMILES string of the molecule is N#Cc1cc(N2CCCN(C(=O)c3ccncc3)CC2)c2ccccc2n1. The maximum atomic E-state index is 12.7. The lowest BCUT2D eigenvalue weighted by Gasteiger charge is -2.25. The maximum Gasteiger partial charge on any atom is 0.254 e. The van der Waals surface area contributed by atoms with Crippen molar-refractivity contribution in [1.29, 1.82) is 5.26 Å². The highest BCUT2D eigenvalue weighted by Crippen LogP contribution is 2.27. The first-order valence-corrected chi connectivity index (χ1v) is 9.00. The molecule has 27 heavy (non-hydrogen) atoms. The molecule has 1 aliphatic rings. The molecule has 1 aromatic carbocycles. The standard InChI is InChI=1S/C21H19N5O/c22-15-17-14-20(18-4-1-2-5-19(18)24-17)25-10-3-11-26(13-12-25)21(27)16-6-8-23-9-7-16/h1-2,4-9,14H,3,10-13H2. The highest BCUT2D eigenvalue weighted by atomic mass is 16.2. The maximum absolute atomic E-state index is 12.7. The minimum atomic E-state index is 0.0385. The number of hydrogen-bond donors (Lipinski definition) is 0. The van der Waals surface area contributed by atoms with Gasteiger partial charge in [-0.15, -0.1) is 0 Å². The predicted octanol–water partition coefficient (Wildman–Crippen LogP) is 2.85. The van der Waals surface area contributed by atoms with Crippen LogP contribution in [0.25, 0.3) is 10.9 Å². The van der Waals surface area contributed by atoms with Crippen LogP contribution in [-0.4, -0.2) is 47.0 Å². The number of benzene rings is 1. The van der Waals surface area contributed by atoms with E-state index in [0.29, 0.717) is 24.3 Å². The first-order valence-electron chi connectivity index (χ1n) is 9.00. The van der Waals surface area contributed by atoms with Crippen molar-refractivity contribution in [3.63, 3.8) is 0 Å². The molecule has 3 aromatic rings. The number of hydrogen-bond acceptors (Lipinski definition) is 5. The van der Waals surface area contributed by atoms with E-state index in [0.717, 1.165) is 36.1 Å². The number of fused-ring (bicyclic) bond motifs is 1. The summed E-state index contributed by atoms with van der Waals surface area (Å²) >= 11 is 0. The summed E-state index contributed by atoms with van der Waals surface area (Å²) in [6.45, 7) is 2.90. The van der Waals surface area contributed by atoms with Crippen LogP contribution >= 0.6 is 0 Å². The second-order valence-corrected chi connectivity index (χ2v) is 6.52. The zero-order chi connectivity index (χ0) is 18.6. The van der Waals surface area contributed by atoms with Gasteiger partial charge in [0.25, 0.3) is 5.91 Å². The van der Waals surface area contributed by atoms with Crippen molar-refractivity contribution in [3.8, 4) is 6.07 Å². The van der Waals surface area contributed by atoms with E-state index >= 15 is 0 Å². The molecule has 0 bridgehead atoms. The van der Waals surface area contributed by atoms with Gasteiger partial charge in [0.2, 0.25) is 0 Å². The molecule has 2 aromatic heterocycles. The summed E-state index contributed by atoms with van der Waals surface area (Å²) in [4.78, 5) is 25.3. The van der Waals surface area contributed by atoms with E-state index in [-0.39, 0.29) is 5.91 Å². The molecule has 0 radical (unpaired) electrons. The van der Waals surface area contributed by atoms with E-state index < -0.39 is 0 Å². The van der Waals surface area contributed by atoms with Gasteiger partial charge in [0.1, 0.15) is 11.8 Å². The molecular formula is C21H19N5O. The van der Waals surface area contributed by atoms with Crippen LogP contribution in [0.4, 0.5) is 5.69 Å². The Bertz CT molecular complexity index is 1010. The van der Waals surface area contributed by atoms with Crippen LogP contribution in [0.1, 0.15) is 22.5 Å². The van der Waals surface area contributed by atoms with Crippen molar-refractivity contribution in [1.82, 2.24) is 14.9 Å². The van der Waals surface area contributed by atoms with Gasteiger partial charge in [0, 0.05) is 55.2 Å². The average Bonchev–Trinajstić information content (AvgIpc) is 2.99. The van der Waals surface area contributed by atoms with Crippen molar-refractivity contribution in [2.75, 3.05) is 31.1 Å². The van der Waals surface area contributed by atoms with Crippen molar-refractivity contribution < 1.29 is 4.79 Å². The molecule has 134 valence electrons. The van der Waals surface area contributed by atoms with Crippen LogP contribution in [-0.2, 0) is 0 Å². The van der Waals surface area contributed by atoms with Crippen LogP contribution in [0, 0.1) is 11.3 Å². The first-order chi connectivity index (χ1) is 13.3. The molecule has 0 saturated carbocycles. The second-order valence-electron chi connectivity index (χ2n) is 6.52. The molecular weight excluding hydrogens is 338 g/mol. The van der Waals surface area contributed by atoms with E-state index in [2.05, 4.69) is 20.9 Å². The lowest BCUT2D eigenvalue weighted by molar-refractivity contribution is 0.0767. The lowest BCUT2D eigenvalue weighted by Crippen LogP contribution is -2.35. The predicted molar refractivity (Wildman–Crippen MR) is 103 cm³/mol. The summed E-state index contributed by atoms with van der Waals surface area (Å²) in [5, 5.41) is 10.4. The van der Waals surface area contributed by atoms with E-state index in [9.17, 15) is 10.1 Å². The van der Waals surface area contributed by atoms with Crippen molar-refractivity contribution in [2.24, 2.45) is 0 Å². The van der Waals surface area contributed by atoms with Gasteiger partial charge in [-0.1, -0.05) is 18.2 Å². The second kappa shape index (κ2) is 7.42. The third-order valence-corrected chi connectivity index (χ3v) is 4.86. The average molecular weight is 357 g/mol. The van der Waals surface area contributed by atoms with Crippen molar-refractivity contribution >= 4 is 22.5 Å². The van der Waals surface area contributed by atoms with E-state index in [1.807, 2.05) is 35.2 Å². The Morgan fingerprint density at radius 2 is 1.85 bits per heavy atom. The molecule has 1 saturated heterocycles. The van der Waals surface area contributed by atoms with Crippen molar-refractivity contribution in [3.05, 3.63) is 66.1 Å². The Morgan fingerprint density at radius 3 is 2.67 bits per heavy atom. The molecule has 0 N–H and O–H groups in total. The monoisotopic (exact) mass is 357 g/mol. The van der Waals surface area contributed by atoms with Gasteiger partial charge in [-0.25, -0.2) is 4.98 Å². The Balaban J connectivity index is 1.60.